The zero-order valence-corrected chi connectivity index (χ0v) is 12.2. The molecule has 0 heterocycles. The highest BCUT2D eigenvalue weighted by Gasteiger charge is 2.23. The average Bonchev–Trinajstić information content (AvgIpc) is 2.46. The van der Waals surface area contributed by atoms with Gasteiger partial charge in [-0.25, -0.2) is 0 Å². The second-order valence-corrected chi connectivity index (χ2v) is 5.51. The molecule has 2 N–H and O–H groups in total. The number of fused-ring (bicyclic) bond motifs is 1. The Labute approximate surface area is 120 Å². The number of hydrogen-bond donors (Lipinski definition) is 2. The van der Waals surface area contributed by atoms with Gasteiger partial charge in [-0.2, -0.15) is 0 Å². The van der Waals surface area contributed by atoms with Crippen molar-refractivity contribution in [2.24, 2.45) is 0 Å². The van der Waals surface area contributed by atoms with Gasteiger partial charge in [0.25, 0.3) is 0 Å². The predicted molar refractivity (Wildman–Crippen MR) is 78.0 cm³/mol. The first-order chi connectivity index (χ1) is 9.63. The van der Waals surface area contributed by atoms with Gasteiger partial charge in [-0.1, -0.05) is 6.07 Å². The highest BCUT2D eigenvalue weighted by molar-refractivity contribution is 5.77. The van der Waals surface area contributed by atoms with Crippen molar-refractivity contribution in [3.63, 3.8) is 0 Å². The van der Waals surface area contributed by atoms with Gasteiger partial charge < -0.3 is 15.2 Å². The van der Waals surface area contributed by atoms with Gasteiger partial charge in [-0.15, -0.1) is 0 Å². The van der Waals surface area contributed by atoms with Gasteiger partial charge in [0.05, 0.1) is 13.7 Å². The Balaban J connectivity index is 2.06. The summed E-state index contributed by atoms with van der Waals surface area (Å²) in [5.41, 5.74) is 2.56. The minimum absolute atomic E-state index is 0.0141. The highest BCUT2D eigenvalue weighted by atomic mass is 16.5. The average molecular weight is 277 g/mol. The minimum atomic E-state index is -0.179. The Kier molecular flexibility index (Phi) is 5.01. The number of methoxy groups -OCH3 is 1. The van der Waals surface area contributed by atoms with E-state index in [-0.39, 0.29) is 24.5 Å². The molecule has 20 heavy (non-hydrogen) atoms. The third-order valence-electron chi connectivity index (χ3n) is 3.90. The van der Waals surface area contributed by atoms with E-state index in [2.05, 4.69) is 17.4 Å². The first-order valence-electron chi connectivity index (χ1n) is 7.21. The molecular formula is C16H23NO3. The molecule has 4 nitrogen and oxygen atoms in total. The number of aryl methyl sites for hydroxylation is 1. The monoisotopic (exact) mass is 277 g/mol. The van der Waals surface area contributed by atoms with E-state index in [1.54, 1.807) is 14.0 Å². The summed E-state index contributed by atoms with van der Waals surface area (Å²) < 4.78 is 5.26. The standard InChI is InChI=1S/C16H23NO3/c1-11(10-18)17-16(19)9-13-5-3-4-12-8-14(20-2)6-7-15(12)13/h6-8,11,13,18H,3-5,9-10H2,1-2H3,(H,17,19). The smallest absolute Gasteiger partial charge is 0.220 e. The van der Waals surface area contributed by atoms with Gasteiger partial charge in [0.2, 0.25) is 5.91 Å². The molecule has 0 aliphatic heterocycles. The molecule has 110 valence electrons. The molecule has 4 heteroatoms. The van der Waals surface area contributed by atoms with Gasteiger partial charge in [0.15, 0.2) is 0 Å². The maximum absolute atomic E-state index is 12.0. The van der Waals surface area contributed by atoms with E-state index in [9.17, 15) is 4.79 Å². The third kappa shape index (κ3) is 3.51. The lowest BCUT2D eigenvalue weighted by Crippen LogP contribution is -2.36. The maximum atomic E-state index is 12.0. The number of amides is 1. The summed E-state index contributed by atoms with van der Waals surface area (Å²) in [7, 11) is 1.67. The van der Waals surface area contributed by atoms with Crippen LogP contribution >= 0.6 is 0 Å². The van der Waals surface area contributed by atoms with E-state index in [1.807, 2.05) is 6.07 Å². The van der Waals surface area contributed by atoms with Crippen LogP contribution in [0.15, 0.2) is 18.2 Å². The summed E-state index contributed by atoms with van der Waals surface area (Å²) in [6.45, 7) is 1.78. The third-order valence-corrected chi connectivity index (χ3v) is 3.90. The van der Waals surface area contributed by atoms with E-state index in [0.29, 0.717) is 6.42 Å². The number of aliphatic hydroxyl groups excluding tert-OH is 1. The Hall–Kier alpha value is -1.55. The van der Waals surface area contributed by atoms with Crippen LogP contribution in [0.1, 0.15) is 43.2 Å². The molecule has 1 amide bonds. The van der Waals surface area contributed by atoms with E-state index in [4.69, 9.17) is 9.84 Å². The molecule has 0 saturated carbocycles. The number of carbonyl (C=O) groups excluding carboxylic acids is 1. The van der Waals surface area contributed by atoms with Gasteiger partial charge >= 0.3 is 0 Å². The van der Waals surface area contributed by atoms with Crippen molar-refractivity contribution in [1.29, 1.82) is 0 Å². The fourth-order valence-electron chi connectivity index (χ4n) is 2.83. The molecule has 0 aromatic heterocycles. The van der Waals surface area contributed by atoms with Crippen molar-refractivity contribution < 1.29 is 14.6 Å². The SMILES string of the molecule is COc1ccc2c(c1)CCCC2CC(=O)NC(C)CO. The molecule has 2 unspecified atom stereocenters. The van der Waals surface area contributed by atoms with E-state index >= 15 is 0 Å². The fraction of sp³-hybridized carbons (Fsp3) is 0.562. The molecule has 0 saturated heterocycles. The summed E-state index contributed by atoms with van der Waals surface area (Å²) in [5.74, 6) is 1.17. The molecule has 0 radical (unpaired) electrons. The number of nitrogens with one attached hydrogen (secondary N) is 1. The molecule has 1 aromatic rings. The number of ether oxygens (including phenoxy) is 1. The van der Waals surface area contributed by atoms with Crippen LogP contribution < -0.4 is 10.1 Å². The summed E-state index contributed by atoms with van der Waals surface area (Å²) in [4.78, 5) is 12.0. The highest BCUT2D eigenvalue weighted by Crippen LogP contribution is 2.35. The van der Waals surface area contributed by atoms with Gasteiger partial charge in [-0.05, 0) is 55.4 Å². The lowest BCUT2D eigenvalue weighted by molar-refractivity contribution is -0.122. The van der Waals surface area contributed by atoms with Crippen LogP contribution in [0.25, 0.3) is 0 Å². The molecule has 2 atom stereocenters. The molecule has 0 spiro atoms. The van der Waals surface area contributed by atoms with Crippen LogP contribution in [0.5, 0.6) is 5.75 Å². The Bertz CT molecular complexity index is 473. The quantitative estimate of drug-likeness (QED) is 0.865. The fourth-order valence-corrected chi connectivity index (χ4v) is 2.83. The second kappa shape index (κ2) is 6.75. The maximum Gasteiger partial charge on any atom is 0.220 e. The second-order valence-electron chi connectivity index (χ2n) is 5.51. The lowest BCUT2D eigenvalue weighted by atomic mass is 9.81. The number of rotatable bonds is 5. The molecule has 1 aliphatic rings. The van der Waals surface area contributed by atoms with Crippen LogP contribution in [-0.2, 0) is 11.2 Å². The van der Waals surface area contributed by atoms with Crippen LogP contribution in [0.2, 0.25) is 0 Å². The summed E-state index contributed by atoms with van der Waals surface area (Å²) >= 11 is 0. The van der Waals surface area contributed by atoms with Crippen molar-refractivity contribution in [3.05, 3.63) is 29.3 Å². The van der Waals surface area contributed by atoms with Crippen LogP contribution in [-0.4, -0.2) is 30.8 Å². The first kappa shape index (κ1) is 14.9. The van der Waals surface area contributed by atoms with Gasteiger partial charge in [-0.3, -0.25) is 4.79 Å². The summed E-state index contributed by atoms with van der Waals surface area (Å²) in [5, 5.41) is 11.8. The van der Waals surface area contributed by atoms with E-state index in [1.165, 1.54) is 11.1 Å². The Morgan fingerprint density at radius 1 is 1.55 bits per heavy atom. The summed E-state index contributed by atoms with van der Waals surface area (Å²) in [6.07, 6.45) is 3.69. The Morgan fingerprint density at radius 3 is 3.05 bits per heavy atom. The molecule has 0 fully saturated rings. The van der Waals surface area contributed by atoms with Crippen LogP contribution in [0, 0.1) is 0 Å². The first-order valence-corrected chi connectivity index (χ1v) is 7.21. The molecule has 1 aliphatic carbocycles. The molecule has 1 aromatic carbocycles. The van der Waals surface area contributed by atoms with Crippen LogP contribution in [0.3, 0.4) is 0 Å². The minimum Gasteiger partial charge on any atom is -0.497 e. The normalized spacial score (nSPS) is 19.1. The van der Waals surface area contributed by atoms with Crippen molar-refractivity contribution in [2.45, 2.75) is 44.6 Å². The van der Waals surface area contributed by atoms with Crippen molar-refractivity contribution in [1.82, 2.24) is 5.32 Å². The Morgan fingerprint density at radius 2 is 2.35 bits per heavy atom. The molecular weight excluding hydrogens is 254 g/mol. The zero-order chi connectivity index (χ0) is 14.5. The van der Waals surface area contributed by atoms with Crippen molar-refractivity contribution >= 4 is 5.91 Å². The van der Waals surface area contributed by atoms with Crippen molar-refractivity contribution in [3.8, 4) is 5.75 Å². The van der Waals surface area contributed by atoms with Crippen LogP contribution in [0.4, 0.5) is 0 Å². The van der Waals surface area contributed by atoms with E-state index in [0.717, 1.165) is 25.0 Å². The number of hydrogen-bond acceptors (Lipinski definition) is 3. The predicted octanol–water partition coefficient (Wildman–Crippen LogP) is 2.00. The summed E-state index contributed by atoms with van der Waals surface area (Å²) in [6, 6.07) is 5.95. The number of benzene rings is 1. The van der Waals surface area contributed by atoms with Crippen molar-refractivity contribution in [2.75, 3.05) is 13.7 Å². The number of carbonyl (C=O) groups is 1. The zero-order valence-electron chi connectivity index (χ0n) is 12.2. The van der Waals surface area contributed by atoms with E-state index < -0.39 is 0 Å². The molecule has 0 bridgehead atoms. The number of aliphatic hydroxyl groups is 1. The topological polar surface area (TPSA) is 58.6 Å². The largest absolute Gasteiger partial charge is 0.497 e. The lowest BCUT2D eigenvalue weighted by Gasteiger charge is -2.26. The van der Waals surface area contributed by atoms with Gasteiger partial charge in [0.1, 0.15) is 5.75 Å². The van der Waals surface area contributed by atoms with Gasteiger partial charge in [0, 0.05) is 12.5 Å². The molecule has 2 rings (SSSR count).